The van der Waals surface area contributed by atoms with E-state index < -0.39 is 17.8 Å². The third-order valence-corrected chi connectivity index (χ3v) is 5.55. The van der Waals surface area contributed by atoms with Crippen molar-refractivity contribution in [2.24, 2.45) is 0 Å². The largest absolute Gasteiger partial charge is 0.478 e. The van der Waals surface area contributed by atoms with Gasteiger partial charge >= 0.3 is 11.9 Å². The van der Waals surface area contributed by atoms with Gasteiger partial charge in [0, 0.05) is 30.7 Å². The minimum atomic E-state index is -1.28. The summed E-state index contributed by atoms with van der Waals surface area (Å²) in [4.78, 5) is 54.1. The molecule has 2 N–H and O–H groups in total. The Morgan fingerprint density at radius 2 is 2.04 bits per heavy atom. The first-order chi connectivity index (χ1) is 13.3. The lowest BCUT2D eigenvalue weighted by molar-refractivity contribution is -0.129. The molecule has 1 aliphatic heterocycles. The minimum absolute atomic E-state index is 0.0740. The molecule has 3 rings (SSSR count). The molecule has 146 valence electrons. The maximum absolute atomic E-state index is 12.7. The maximum Gasteiger partial charge on any atom is 0.341 e. The van der Waals surface area contributed by atoms with Crippen molar-refractivity contribution in [2.45, 2.75) is 19.9 Å². The standard InChI is InChI=1S/C18H17N3O6S/c1-9(22)21-6-4-11-13(8-21)28-16(14(11)18(26)27-2)20-15(23)10-3-5-19-7-12(10)17(24)25/h3,5,7H,4,6,8H2,1-2H3,(H,20,23)(H,24,25). The Morgan fingerprint density at radius 3 is 2.68 bits per heavy atom. The minimum Gasteiger partial charge on any atom is -0.478 e. The molecule has 10 heteroatoms. The lowest BCUT2D eigenvalue weighted by Gasteiger charge is -2.25. The van der Waals surface area contributed by atoms with E-state index in [9.17, 15) is 24.3 Å². The maximum atomic E-state index is 12.7. The summed E-state index contributed by atoms with van der Waals surface area (Å²) >= 11 is 1.17. The topological polar surface area (TPSA) is 126 Å². The Hall–Kier alpha value is -3.27. The van der Waals surface area contributed by atoms with E-state index >= 15 is 0 Å². The quantitative estimate of drug-likeness (QED) is 0.745. The molecule has 9 nitrogen and oxygen atoms in total. The fraction of sp³-hybridized carbons (Fsp3) is 0.278. The zero-order chi connectivity index (χ0) is 20.4. The number of hydrogen-bond donors (Lipinski definition) is 2. The van der Waals surface area contributed by atoms with Crippen molar-refractivity contribution >= 4 is 40.1 Å². The van der Waals surface area contributed by atoms with E-state index in [-0.39, 0.29) is 27.6 Å². The van der Waals surface area contributed by atoms with Gasteiger partial charge in [-0.25, -0.2) is 9.59 Å². The predicted octanol–water partition coefficient (Wildman–Crippen LogP) is 1.78. The smallest absolute Gasteiger partial charge is 0.341 e. The number of carbonyl (C=O) groups is 4. The molecule has 0 radical (unpaired) electrons. The number of anilines is 1. The molecule has 2 amide bonds. The first-order valence-electron chi connectivity index (χ1n) is 8.30. The Bertz CT molecular complexity index is 984. The van der Waals surface area contributed by atoms with Gasteiger partial charge in [0.2, 0.25) is 5.91 Å². The van der Waals surface area contributed by atoms with Gasteiger partial charge in [0.25, 0.3) is 5.91 Å². The second-order valence-electron chi connectivity index (χ2n) is 6.07. The van der Waals surface area contributed by atoms with Crippen molar-refractivity contribution in [1.82, 2.24) is 9.88 Å². The molecule has 0 saturated carbocycles. The SMILES string of the molecule is COC(=O)c1c(NC(=O)c2ccncc2C(=O)O)sc2c1CCN(C(C)=O)C2. The van der Waals surface area contributed by atoms with Crippen molar-refractivity contribution < 1.29 is 29.0 Å². The number of carbonyl (C=O) groups excluding carboxylic acids is 3. The summed E-state index contributed by atoms with van der Waals surface area (Å²) < 4.78 is 4.86. The van der Waals surface area contributed by atoms with Crippen LogP contribution in [0.4, 0.5) is 5.00 Å². The van der Waals surface area contributed by atoms with Crippen LogP contribution in [0.25, 0.3) is 0 Å². The number of thiophene rings is 1. The van der Waals surface area contributed by atoms with E-state index in [2.05, 4.69) is 10.3 Å². The van der Waals surface area contributed by atoms with Crippen molar-refractivity contribution in [3.05, 3.63) is 45.6 Å². The molecule has 0 atom stereocenters. The molecule has 28 heavy (non-hydrogen) atoms. The van der Waals surface area contributed by atoms with E-state index in [1.807, 2.05) is 0 Å². The van der Waals surface area contributed by atoms with Crippen LogP contribution in [0.2, 0.25) is 0 Å². The van der Waals surface area contributed by atoms with Crippen LogP contribution in [0.1, 0.15) is 48.4 Å². The van der Waals surface area contributed by atoms with Gasteiger partial charge in [-0.2, -0.15) is 0 Å². The third-order valence-electron chi connectivity index (χ3n) is 4.41. The number of hydrogen-bond acceptors (Lipinski definition) is 7. The number of nitrogens with zero attached hydrogens (tertiary/aromatic N) is 2. The van der Waals surface area contributed by atoms with Crippen LogP contribution in [-0.2, 0) is 22.5 Å². The third kappa shape index (κ3) is 3.58. The Kier molecular flexibility index (Phi) is 5.41. The molecule has 2 aromatic rings. The van der Waals surface area contributed by atoms with Crippen molar-refractivity contribution in [1.29, 1.82) is 0 Å². The number of fused-ring (bicyclic) bond motifs is 1. The Labute approximate surface area is 163 Å². The van der Waals surface area contributed by atoms with Gasteiger partial charge in [-0.1, -0.05) is 0 Å². The first kappa shape index (κ1) is 19.5. The second-order valence-corrected chi connectivity index (χ2v) is 7.18. The predicted molar refractivity (Wildman–Crippen MR) is 99.6 cm³/mol. The number of esters is 1. The number of rotatable bonds is 4. The summed E-state index contributed by atoms with van der Waals surface area (Å²) in [5.74, 6) is -2.63. The van der Waals surface area contributed by atoms with Crippen LogP contribution in [0.3, 0.4) is 0 Å². The Morgan fingerprint density at radius 1 is 1.29 bits per heavy atom. The van der Waals surface area contributed by atoms with Gasteiger partial charge in [0.05, 0.1) is 30.3 Å². The molecule has 0 aromatic carbocycles. The summed E-state index contributed by atoms with van der Waals surface area (Å²) in [6.07, 6.45) is 2.86. The van der Waals surface area contributed by atoms with E-state index in [1.165, 1.54) is 37.6 Å². The van der Waals surface area contributed by atoms with Gasteiger partial charge in [-0.15, -0.1) is 11.3 Å². The number of aromatic nitrogens is 1. The number of carboxylic acids is 1. The van der Waals surface area contributed by atoms with Crippen molar-refractivity contribution in [3.8, 4) is 0 Å². The molecule has 0 fully saturated rings. The van der Waals surface area contributed by atoms with E-state index in [1.54, 1.807) is 4.90 Å². The highest BCUT2D eigenvalue weighted by atomic mass is 32.1. The fourth-order valence-electron chi connectivity index (χ4n) is 3.01. The summed E-state index contributed by atoms with van der Waals surface area (Å²) in [6.45, 7) is 2.27. The normalized spacial score (nSPS) is 12.9. The zero-order valence-corrected chi connectivity index (χ0v) is 16.0. The molecular weight excluding hydrogens is 386 g/mol. The monoisotopic (exact) mass is 403 g/mol. The highest BCUT2D eigenvalue weighted by Gasteiger charge is 2.30. The van der Waals surface area contributed by atoms with Crippen LogP contribution in [0.15, 0.2) is 18.5 Å². The summed E-state index contributed by atoms with van der Waals surface area (Å²) in [5, 5.41) is 12.1. The van der Waals surface area contributed by atoms with E-state index in [0.29, 0.717) is 19.5 Å². The first-order valence-corrected chi connectivity index (χ1v) is 9.12. The van der Waals surface area contributed by atoms with Gasteiger partial charge < -0.3 is 20.1 Å². The summed E-state index contributed by atoms with van der Waals surface area (Å²) in [7, 11) is 1.24. The number of methoxy groups -OCH3 is 1. The lowest BCUT2D eigenvalue weighted by Crippen LogP contribution is -2.33. The number of pyridine rings is 1. The number of ether oxygens (including phenoxy) is 1. The second kappa shape index (κ2) is 7.77. The molecule has 3 heterocycles. The summed E-state index contributed by atoms with van der Waals surface area (Å²) in [5.41, 5.74) is 0.654. The molecule has 0 unspecified atom stereocenters. The van der Waals surface area contributed by atoms with Gasteiger partial charge in [0.15, 0.2) is 0 Å². The van der Waals surface area contributed by atoms with Crippen LogP contribution >= 0.6 is 11.3 Å². The van der Waals surface area contributed by atoms with Crippen LogP contribution < -0.4 is 5.32 Å². The van der Waals surface area contributed by atoms with Gasteiger partial charge in [-0.05, 0) is 18.1 Å². The summed E-state index contributed by atoms with van der Waals surface area (Å²) in [6, 6.07) is 1.29. The number of amides is 2. The number of aromatic carboxylic acids is 1. The highest BCUT2D eigenvalue weighted by Crippen LogP contribution is 2.38. The van der Waals surface area contributed by atoms with Gasteiger partial charge in [-0.3, -0.25) is 14.6 Å². The molecular formula is C18H17N3O6S. The highest BCUT2D eigenvalue weighted by molar-refractivity contribution is 7.17. The Balaban J connectivity index is 1.98. The van der Waals surface area contributed by atoms with Crippen molar-refractivity contribution in [3.63, 3.8) is 0 Å². The fourth-order valence-corrected chi connectivity index (χ4v) is 4.26. The number of carboxylic acid groups (broad SMARTS) is 1. The average Bonchev–Trinajstić information content (AvgIpc) is 3.04. The van der Waals surface area contributed by atoms with Crippen LogP contribution in [-0.4, -0.2) is 52.4 Å². The lowest BCUT2D eigenvalue weighted by atomic mass is 10.0. The molecule has 0 aliphatic carbocycles. The van der Waals surface area contributed by atoms with E-state index in [4.69, 9.17) is 4.74 Å². The zero-order valence-electron chi connectivity index (χ0n) is 15.1. The molecule has 0 saturated heterocycles. The molecule has 0 bridgehead atoms. The van der Waals surface area contributed by atoms with Crippen molar-refractivity contribution in [2.75, 3.05) is 19.0 Å². The van der Waals surface area contributed by atoms with Gasteiger partial charge in [0.1, 0.15) is 5.00 Å². The molecule has 1 aliphatic rings. The molecule has 2 aromatic heterocycles. The average molecular weight is 403 g/mol. The molecule has 0 spiro atoms. The number of nitrogens with one attached hydrogen (secondary N) is 1. The van der Waals surface area contributed by atoms with Crippen LogP contribution in [0.5, 0.6) is 0 Å². The van der Waals surface area contributed by atoms with E-state index in [0.717, 1.165) is 16.6 Å². The van der Waals surface area contributed by atoms with Crippen LogP contribution in [0, 0.1) is 0 Å².